The number of benzene rings is 2. The van der Waals surface area contributed by atoms with Crippen molar-refractivity contribution in [3.8, 4) is 6.07 Å². The highest BCUT2D eigenvalue weighted by Gasteiger charge is 2.27. The van der Waals surface area contributed by atoms with Crippen LogP contribution in [0.25, 0.3) is 0 Å². The maximum absolute atomic E-state index is 13.1. The lowest BCUT2D eigenvalue weighted by Gasteiger charge is -2.35. The zero-order valence-corrected chi connectivity index (χ0v) is 21.0. The van der Waals surface area contributed by atoms with Gasteiger partial charge in [0.05, 0.1) is 16.7 Å². The van der Waals surface area contributed by atoms with Crippen molar-refractivity contribution < 1.29 is 18.7 Å². The van der Waals surface area contributed by atoms with Crippen molar-refractivity contribution in [1.29, 1.82) is 5.26 Å². The molecule has 0 bridgehead atoms. The van der Waals surface area contributed by atoms with Crippen LogP contribution in [0.5, 0.6) is 0 Å². The predicted molar refractivity (Wildman–Crippen MR) is 140 cm³/mol. The second-order valence-corrected chi connectivity index (χ2v) is 9.78. The Labute approximate surface area is 207 Å². The molecule has 0 aromatic heterocycles. The molecule has 10 nitrogen and oxygen atoms in total. The highest BCUT2D eigenvalue weighted by atomic mass is 32.3. The Bertz CT molecular complexity index is 1100. The molecular formula is C24H32N6O4S. The van der Waals surface area contributed by atoms with Crippen molar-refractivity contribution in [2.24, 2.45) is 16.9 Å². The number of carbonyl (C=O) groups is 2. The van der Waals surface area contributed by atoms with Crippen LogP contribution < -0.4 is 20.8 Å². The lowest BCUT2D eigenvalue weighted by Crippen LogP contribution is -2.33. The Morgan fingerprint density at radius 2 is 1.80 bits per heavy atom. The van der Waals surface area contributed by atoms with Gasteiger partial charge in [0.2, 0.25) is 0 Å². The minimum atomic E-state index is -3.25. The number of rotatable bonds is 12. The van der Waals surface area contributed by atoms with Gasteiger partial charge in [-0.05, 0) is 49.7 Å². The summed E-state index contributed by atoms with van der Waals surface area (Å²) in [5.41, 5.74) is 4.38. The van der Waals surface area contributed by atoms with Gasteiger partial charge in [-0.2, -0.15) is 10.4 Å². The average Bonchev–Trinajstić information content (AvgIpc) is 2.85. The molecule has 2 aromatic rings. The van der Waals surface area contributed by atoms with Gasteiger partial charge in [-0.15, -0.1) is 10.8 Å². The third-order valence-electron chi connectivity index (χ3n) is 5.35. The summed E-state index contributed by atoms with van der Waals surface area (Å²) in [6.45, 7) is 5.34. The maximum atomic E-state index is 13.1. The molecule has 0 aliphatic heterocycles. The zero-order chi connectivity index (χ0) is 26.0. The van der Waals surface area contributed by atoms with Crippen molar-refractivity contribution in [3.05, 3.63) is 48.5 Å². The molecule has 0 saturated heterocycles. The summed E-state index contributed by atoms with van der Waals surface area (Å²) in [7, 11) is -1.49. The highest BCUT2D eigenvalue weighted by Crippen LogP contribution is 2.45. The fourth-order valence-electron chi connectivity index (χ4n) is 3.04. The van der Waals surface area contributed by atoms with E-state index in [9.17, 15) is 24.0 Å². The number of aldehydes is 1. The molecule has 0 aliphatic carbocycles. The zero-order valence-electron chi connectivity index (χ0n) is 20.1. The summed E-state index contributed by atoms with van der Waals surface area (Å²) in [6, 6.07) is 15.1. The first-order valence-electron chi connectivity index (χ1n) is 11.1. The number of carbonyl (C=O) groups excluding carboxylic acids is 2. The second kappa shape index (κ2) is 12.9. The average molecular weight is 501 g/mol. The van der Waals surface area contributed by atoms with Crippen LogP contribution in [0.2, 0.25) is 0 Å². The molecule has 0 heterocycles. The molecule has 0 spiro atoms. The Morgan fingerprint density at radius 3 is 2.43 bits per heavy atom. The normalized spacial score (nSPS) is 14.7. The van der Waals surface area contributed by atoms with Gasteiger partial charge < -0.3 is 15.4 Å². The first kappa shape index (κ1) is 27.8. The van der Waals surface area contributed by atoms with E-state index in [0.29, 0.717) is 24.1 Å². The molecular weight excluding hydrogens is 468 g/mol. The number of nitrogens with zero attached hydrogens (tertiary/aromatic N) is 2. The molecule has 188 valence electrons. The van der Waals surface area contributed by atoms with Crippen LogP contribution in [0.3, 0.4) is 0 Å². The summed E-state index contributed by atoms with van der Waals surface area (Å²) in [6.07, 6.45) is 1.19. The Hall–Kier alpha value is -3.43. The molecule has 2 rings (SSSR count). The molecule has 6 N–H and O–H groups in total. The largest absolute Gasteiger partial charge is 0.388 e. The fourth-order valence-corrected chi connectivity index (χ4v) is 4.46. The molecule has 3 atom stereocenters. The van der Waals surface area contributed by atoms with Crippen LogP contribution in [0.1, 0.15) is 27.2 Å². The van der Waals surface area contributed by atoms with E-state index >= 15 is 0 Å². The number of hydrazone groups is 1. The van der Waals surface area contributed by atoms with E-state index in [1.54, 1.807) is 50.4 Å². The smallest absolute Gasteiger partial charge is 0.272 e. The minimum Gasteiger partial charge on any atom is -0.388 e. The van der Waals surface area contributed by atoms with Gasteiger partial charge in [0.25, 0.3) is 5.91 Å². The molecule has 0 aliphatic rings. The van der Waals surface area contributed by atoms with E-state index in [1.807, 2.05) is 26.0 Å². The quantitative estimate of drug-likeness (QED) is 0.141. The van der Waals surface area contributed by atoms with E-state index in [-0.39, 0.29) is 16.6 Å². The van der Waals surface area contributed by atoms with Gasteiger partial charge in [-0.1, -0.05) is 26.0 Å². The topological polar surface area (TPSA) is 159 Å². The van der Waals surface area contributed by atoms with Gasteiger partial charge in [-0.25, -0.2) is 4.72 Å². The van der Waals surface area contributed by atoms with Crippen molar-refractivity contribution in [2.45, 2.75) is 38.1 Å². The lowest BCUT2D eigenvalue weighted by atomic mass is 9.91. The maximum Gasteiger partial charge on any atom is 0.272 e. The van der Waals surface area contributed by atoms with E-state index < -0.39 is 28.5 Å². The third-order valence-corrected chi connectivity index (χ3v) is 7.00. The minimum absolute atomic E-state index is 0.0618. The van der Waals surface area contributed by atoms with Crippen LogP contribution in [0.4, 0.5) is 17.1 Å². The van der Waals surface area contributed by atoms with Crippen LogP contribution >= 0.6 is 10.8 Å². The molecule has 2 aromatic carbocycles. The van der Waals surface area contributed by atoms with E-state index in [2.05, 4.69) is 25.9 Å². The first-order valence-corrected chi connectivity index (χ1v) is 12.6. The van der Waals surface area contributed by atoms with Crippen LogP contribution in [0.15, 0.2) is 58.5 Å². The SMILES string of the molecule is CCC(C)NS(O)(O)c1cccc(NN=C(C(=O)Nc2cccc(NC)c2)C(C)C(C#N)C=O)c1. The molecule has 0 saturated carbocycles. The monoisotopic (exact) mass is 500 g/mol. The summed E-state index contributed by atoms with van der Waals surface area (Å²) in [5.74, 6) is -2.48. The van der Waals surface area contributed by atoms with E-state index in [4.69, 9.17) is 0 Å². The van der Waals surface area contributed by atoms with Gasteiger partial charge in [-0.3, -0.25) is 19.3 Å². The molecule has 3 unspecified atom stereocenters. The number of hydrogen-bond acceptors (Lipinski definition) is 9. The second-order valence-electron chi connectivity index (χ2n) is 7.98. The molecule has 35 heavy (non-hydrogen) atoms. The number of hydrogen-bond donors (Lipinski definition) is 6. The van der Waals surface area contributed by atoms with E-state index in [1.165, 1.54) is 6.07 Å². The third kappa shape index (κ3) is 7.80. The predicted octanol–water partition coefficient (Wildman–Crippen LogP) is 4.52. The Morgan fingerprint density at radius 1 is 1.14 bits per heavy atom. The van der Waals surface area contributed by atoms with Crippen molar-refractivity contribution in [1.82, 2.24) is 4.72 Å². The lowest BCUT2D eigenvalue weighted by molar-refractivity contribution is -0.111. The summed E-state index contributed by atoms with van der Waals surface area (Å²) in [5, 5.41) is 19.3. The van der Waals surface area contributed by atoms with Gasteiger partial charge in [0, 0.05) is 30.4 Å². The standard InChI is InChI=1S/C24H32N6O4S/c1-5-16(2)30-35(33,34)22-11-7-10-21(13-22)28-29-23(17(3)18(14-25)15-31)24(32)27-20-9-6-8-19(12-20)26-4/h6-13,15-18,26,28,30,33-34H,5H2,1-4H3,(H,27,32). The number of amides is 1. The Balaban J connectivity index is 2.34. The summed E-state index contributed by atoms with van der Waals surface area (Å²) >= 11 is 0. The van der Waals surface area contributed by atoms with Gasteiger partial charge >= 0.3 is 0 Å². The van der Waals surface area contributed by atoms with Crippen LogP contribution in [-0.4, -0.2) is 40.1 Å². The van der Waals surface area contributed by atoms with Gasteiger partial charge in [0.1, 0.15) is 17.9 Å². The van der Waals surface area contributed by atoms with Crippen molar-refractivity contribution in [2.75, 3.05) is 23.1 Å². The fraction of sp³-hybridized carbons (Fsp3) is 0.333. The summed E-state index contributed by atoms with van der Waals surface area (Å²) in [4.78, 5) is 24.7. The molecule has 0 fully saturated rings. The molecule has 11 heteroatoms. The van der Waals surface area contributed by atoms with E-state index in [0.717, 1.165) is 5.69 Å². The number of nitriles is 1. The number of nitrogens with one attached hydrogen (secondary N) is 4. The molecule has 1 amide bonds. The van der Waals surface area contributed by atoms with Gasteiger partial charge in [0.15, 0.2) is 0 Å². The molecule has 0 radical (unpaired) electrons. The van der Waals surface area contributed by atoms with Crippen LogP contribution in [0, 0.1) is 23.2 Å². The highest BCUT2D eigenvalue weighted by molar-refractivity contribution is 8.22. The first-order chi connectivity index (χ1) is 16.6. The van der Waals surface area contributed by atoms with Crippen molar-refractivity contribution in [3.63, 3.8) is 0 Å². The Kier molecular flexibility index (Phi) is 10.2. The van der Waals surface area contributed by atoms with Crippen molar-refractivity contribution >= 4 is 45.7 Å². The summed E-state index contributed by atoms with van der Waals surface area (Å²) < 4.78 is 23.9. The van der Waals surface area contributed by atoms with Crippen LogP contribution in [-0.2, 0) is 9.59 Å². The number of anilines is 3.